The van der Waals surface area contributed by atoms with Gasteiger partial charge in [0.1, 0.15) is 12.4 Å². The molecule has 0 saturated heterocycles. The fourth-order valence-electron chi connectivity index (χ4n) is 2.97. The lowest BCUT2D eigenvalue weighted by Crippen LogP contribution is -2.36. The van der Waals surface area contributed by atoms with Crippen LogP contribution < -0.4 is 10.1 Å². The summed E-state index contributed by atoms with van der Waals surface area (Å²) >= 11 is 0. The Morgan fingerprint density at radius 1 is 1.00 bits per heavy atom. The summed E-state index contributed by atoms with van der Waals surface area (Å²) in [4.78, 5) is 22.7. The van der Waals surface area contributed by atoms with Crippen molar-refractivity contribution in [2.75, 3.05) is 6.54 Å². The first-order valence-electron chi connectivity index (χ1n) is 10.3. The van der Waals surface area contributed by atoms with Crippen LogP contribution in [0.5, 0.6) is 5.75 Å². The van der Waals surface area contributed by atoms with Gasteiger partial charge in [-0.1, -0.05) is 45.0 Å². The third kappa shape index (κ3) is 7.90. The van der Waals surface area contributed by atoms with E-state index in [1.54, 1.807) is 12.1 Å². The Morgan fingerprint density at radius 3 is 2.09 bits per heavy atom. The van der Waals surface area contributed by atoms with Crippen LogP contribution in [0.1, 0.15) is 55.1 Å². The Hall–Kier alpha value is -3.03. The van der Waals surface area contributed by atoms with E-state index in [2.05, 4.69) is 26.1 Å². The second-order valence-corrected chi connectivity index (χ2v) is 8.64. The van der Waals surface area contributed by atoms with Crippen molar-refractivity contribution in [3.05, 3.63) is 65.2 Å². The van der Waals surface area contributed by atoms with Crippen LogP contribution in [-0.4, -0.2) is 29.7 Å². The van der Waals surface area contributed by atoms with Crippen LogP contribution in [0.4, 0.5) is 13.2 Å². The Labute approximate surface area is 185 Å². The third-order valence-corrected chi connectivity index (χ3v) is 5.02. The van der Waals surface area contributed by atoms with Crippen molar-refractivity contribution in [1.29, 1.82) is 0 Å². The number of nitrogens with one attached hydrogen (secondary N) is 1. The lowest BCUT2D eigenvalue weighted by molar-refractivity contribution is -0.175. The molecule has 1 atom stereocenters. The van der Waals surface area contributed by atoms with Gasteiger partial charge in [0.25, 0.3) is 5.91 Å². The van der Waals surface area contributed by atoms with Gasteiger partial charge in [0.05, 0.1) is 5.92 Å². The molecule has 0 unspecified atom stereocenters. The molecule has 2 aromatic carbocycles. The van der Waals surface area contributed by atoms with Gasteiger partial charge in [-0.15, -0.1) is 0 Å². The van der Waals surface area contributed by atoms with Gasteiger partial charge in [-0.3, -0.25) is 9.59 Å². The van der Waals surface area contributed by atoms with Gasteiger partial charge in [0.15, 0.2) is 0 Å². The van der Waals surface area contributed by atoms with E-state index in [0.29, 0.717) is 5.75 Å². The molecule has 8 heteroatoms. The minimum Gasteiger partial charge on any atom is -0.489 e. The van der Waals surface area contributed by atoms with Gasteiger partial charge in [0, 0.05) is 18.5 Å². The number of carboxylic acid groups (broad SMARTS) is 1. The Morgan fingerprint density at radius 2 is 1.59 bits per heavy atom. The Balaban J connectivity index is 1.89. The zero-order valence-electron chi connectivity index (χ0n) is 18.3. The van der Waals surface area contributed by atoms with E-state index in [4.69, 9.17) is 9.84 Å². The third-order valence-electron chi connectivity index (χ3n) is 5.02. The standard InChI is InChI=1S/C24H28F3NO4/c1-23(2,3)18-8-11-20(12-9-18)32-15-16-4-6-17(7-5-16)22(31)28-14-19(24(25,26)27)10-13-21(29)30/h4-9,11-12,19H,10,13-15H2,1-3H3,(H,28,31)(H,29,30)/t19-/m0/s1. The number of halogens is 3. The van der Waals surface area contributed by atoms with E-state index in [-0.39, 0.29) is 17.6 Å². The van der Waals surface area contributed by atoms with Crippen LogP contribution in [0, 0.1) is 5.92 Å². The summed E-state index contributed by atoms with van der Waals surface area (Å²) in [7, 11) is 0. The van der Waals surface area contributed by atoms with Crippen molar-refractivity contribution >= 4 is 11.9 Å². The van der Waals surface area contributed by atoms with Gasteiger partial charge in [-0.25, -0.2) is 0 Å². The quantitative estimate of drug-likeness (QED) is 0.540. The second-order valence-electron chi connectivity index (χ2n) is 8.64. The molecule has 0 radical (unpaired) electrons. The fourth-order valence-corrected chi connectivity index (χ4v) is 2.97. The Bertz CT molecular complexity index is 901. The topological polar surface area (TPSA) is 75.6 Å². The molecule has 0 aliphatic rings. The summed E-state index contributed by atoms with van der Waals surface area (Å²) < 4.78 is 44.8. The zero-order valence-corrected chi connectivity index (χ0v) is 18.3. The maximum Gasteiger partial charge on any atom is 0.393 e. The van der Waals surface area contributed by atoms with E-state index in [1.807, 2.05) is 24.3 Å². The number of alkyl halides is 3. The number of rotatable bonds is 9. The lowest BCUT2D eigenvalue weighted by Gasteiger charge is -2.20. The van der Waals surface area contributed by atoms with Gasteiger partial charge < -0.3 is 15.2 Å². The molecule has 0 aliphatic carbocycles. The van der Waals surface area contributed by atoms with Crippen molar-refractivity contribution in [1.82, 2.24) is 5.32 Å². The van der Waals surface area contributed by atoms with Crippen LogP contribution >= 0.6 is 0 Å². The molecule has 5 nitrogen and oxygen atoms in total. The van der Waals surface area contributed by atoms with Gasteiger partial charge in [-0.05, 0) is 47.2 Å². The molecule has 1 amide bonds. The van der Waals surface area contributed by atoms with Crippen LogP contribution in [0.3, 0.4) is 0 Å². The average molecular weight is 451 g/mol. The summed E-state index contributed by atoms with van der Waals surface area (Å²) in [6.07, 6.45) is -5.80. The lowest BCUT2D eigenvalue weighted by atomic mass is 9.87. The number of hydrogen-bond donors (Lipinski definition) is 2. The highest BCUT2D eigenvalue weighted by atomic mass is 19.4. The molecule has 0 spiro atoms. The summed E-state index contributed by atoms with van der Waals surface area (Å²) in [5, 5.41) is 10.8. The number of carbonyl (C=O) groups excluding carboxylic acids is 1. The maximum atomic E-state index is 13.0. The Kier molecular flexibility index (Phi) is 8.30. The minimum absolute atomic E-state index is 0.0469. The molecule has 0 fully saturated rings. The number of amides is 1. The number of carbonyl (C=O) groups is 2. The highest BCUT2D eigenvalue weighted by Crippen LogP contribution is 2.29. The molecule has 0 saturated carbocycles. The highest BCUT2D eigenvalue weighted by molar-refractivity contribution is 5.94. The molecular weight excluding hydrogens is 423 g/mol. The zero-order chi connectivity index (χ0) is 23.9. The molecule has 0 aliphatic heterocycles. The van der Waals surface area contributed by atoms with Crippen molar-refractivity contribution < 1.29 is 32.6 Å². The van der Waals surface area contributed by atoms with Crippen molar-refractivity contribution in [3.63, 3.8) is 0 Å². The molecule has 0 heterocycles. The van der Waals surface area contributed by atoms with Gasteiger partial charge >= 0.3 is 12.1 Å². The molecule has 2 N–H and O–H groups in total. The first-order chi connectivity index (χ1) is 14.9. The number of hydrogen-bond acceptors (Lipinski definition) is 3. The summed E-state index contributed by atoms with van der Waals surface area (Å²) in [5.41, 5.74) is 2.25. The second kappa shape index (κ2) is 10.5. The first kappa shape index (κ1) is 25.2. The van der Waals surface area contributed by atoms with Crippen LogP contribution in [-0.2, 0) is 16.8 Å². The summed E-state index contributed by atoms with van der Waals surface area (Å²) in [5.74, 6) is -3.17. The van der Waals surface area contributed by atoms with Crippen molar-refractivity contribution in [2.45, 2.75) is 51.8 Å². The molecule has 2 rings (SSSR count). The molecule has 2 aromatic rings. The number of aliphatic carboxylic acids is 1. The predicted molar refractivity (Wildman–Crippen MR) is 115 cm³/mol. The molecule has 32 heavy (non-hydrogen) atoms. The highest BCUT2D eigenvalue weighted by Gasteiger charge is 2.39. The molecule has 0 aromatic heterocycles. The van der Waals surface area contributed by atoms with E-state index in [9.17, 15) is 22.8 Å². The maximum absolute atomic E-state index is 13.0. The number of benzene rings is 2. The van der Waals surface area contributed by atoms with E-state index in [0.717, 1.165) is 5.56 Å². The van der Waals surface area contributed by atoms with E-state index < -0.39 is 43.4 Å². The van der Waals surface area contributed by atoms with Crippen molar-refractivity contribution in [3.8, 4) is 5.75 Å². The SMILES string of the molecule is CC(C)(C)c1ccc(OCc2ccc(C(=O)NC[C@H](CCC(=O)O)C(F)(F)F)cc2)cc1. The fraction of sp³-hybridized carbons (Fsp3) is 0.417. The number of ether oxygens (including phenoxy) is 1. The molecule has 174 valence electrons. The van der Waals surface area contributed by atoms with Crippen molar-refractivity contribution in [2.24, 2.45) is 5.92 Å². The monoisotopic (exact) mass is 451 g/mol. The molecular formula is C24H28F3NO4. The predicted octanol–water partition coefficient (Wildman–Crippen LogP) is 5.34. The summed E-state index contributed by atoms with van der Waals surface area (Å²) in [6.45, 7) is 5.98. The average Bonchev–Trinajstić information content (AvgIpc) is 2.71. The summed E-state index contributed by atoms with van der Waals surface area (Å²) in [6, 6.07) is 14.2. The van der Waals surface area contributed by atoms with Gasteiger partial charge in [0.2, 0.25) is 0 Å². The van der Waals surface area contributed by atoms with Crippen LogP contribution in [0.25, 0.3) is 0 Å². The van der Waals surface area contributed by atoms with Crippen LogP contribution in [0.15, 0.2) is 48.5 Å². The van der Waals surface area contributed by atoms with Gasteiger partial charge in [-0.2, -0.15) is 13.2 Å². The van der Waals surface area contributed by atoms with E-state index in [1.165, 1.54) is 17.7 Å². The largest absolute Gasteiger partial charge is 0.489 e. The molecule has 0 bridgehead atoms. The normalized spacial score (nSPS) is 12.8. The smallest absolute Gasteiger partial charge is 0.393 e. The van der Waals surface area contributed by atoms with E-state index >= 15 is 0 Å². The number of carboxylic acids is 1. The first-order valence-corrected chi connectivity index (χ1v) is 10.3. The minimum atomic E-state index is -4.59. The van der Waals surface area contributed by atoms with Crippen LogP contribution in [0.2, 0.25) is 0 Å².